The van der Waals surface area contributed by atoms with Gasteiger partial charge in [0.05, 0.1) is 17.8 Å². The second-order valence-corrected chi connectivity index (χ2v) is 6.34. The molecule has 0 radical (unpaired) electrons. The fraction of sp³-hybridized carbons (Fsp3) is 0.250. The van der Waals surface area contributed by atoms with Crippen molar-refractivity contribution in [3.8, 4) is 0 Å². The molecule has 3 aromatic rings. The first kappa shape index (κ1) is 15.6. The van der Waals surface area contributed by atoms with E-state index in [9.17, 15) is 9.59 Å². The molecule has 0 N–H and O–H groups in total. The van der Waals surface area contributed by atoms with E-state index in [1.807, 2.05) is 41.3 Å². The van der Waals surface area contributed by atoms with Crippen LogP contribution in [0.3, 0.4) is 0 Å². The highest BCUT2D eigenvalue weighted by Gasteiger charge is 2.30. The maximum absolute atomic E-state index is 12.9. The lowest BCUT2D eigenvalue weighted by atomic mass is 10.0. The van der Waals surface area contributed by atoms with Crippen LogP contribution in [0.4, 0.5) is 0 Å². The SMILES string of the molecule is O=C(Cn1ncc(=O)c2ccccc21)N1CCCC1c1ccccc1. The van der Waals surface area contributed by atoms with E-state index in [1.165, 1.54) is 11.8 Å². The van der Waals surface area contributed by atoms with Gasteiger partial charge in [0.1, 0.15) is 6.54 Å². The molecule has 4 rings (SSSR count). The normalized spacial score (nSPS) is 17.1. The first-order chi connectivity index (χ1) is 12.2. The van der Waals surface area contributed by atoms with Crippen LogP contribution < -0.4 is 5.43 Å². The molecular weight excluding hydrogens is 314 g/mol. The largest absolute Gasteiger partial charge is 0.334 e. The van der Waals surface area contributed by atoms with Crippen LogP contribution in [0, 0.1) is 0 Å². The maximum atomic E-state index is 12.9. The Morgan fingerprint density at radius 2 is 1.84 bits per heavy atom. The minimum atomic E-state index is -0.123. The molecule has 126 valence electrons. The number of hydrogen-bond donors (Lipinski definition) is 0. The van der Waals surface area contributed by atoms with Crippen molar-refractivity contribution in [2.24, 2.45) is 0 Å². The lowest BCUT2D eigenvalue weighted by molar-refractivity contribution is -0.132. The molecule has 1 fully saturated rings. The summed E-state index contributed by atoms with van der Waals surface area (Å²) < 4.78 is 1.62. The molecule has 1 amide bonds. The molecule has 0 spiro atoms. The molecule has 1 aromatic heterocycles. The molecule has 0 aliphatic carbocycles. The Morgan fingerprint density at radius 1 is 1.08 bits per heavy atom. The average molecular weight is 333 g/mol. The first-order valence-electron chi connectivity index (χ1n) is 8.53. The second-order valence-electron chi connectivity index (χ2n) is 6.34. The van der Waals surface area contributed by atoms with Gasteiger partial charge in [-0.1, -0.05) is 42.5 Å². The van der Waals surface area contributed by atoms with E-state index in [1.54, 1.807) is 10.7 Å². The number of para-hydroxylation sites is 1. The van der Waals surface area contributed by atoms with Gasteiger partial charge >= 0.3 is 0 Å². The van der Waals surface area contributed by atoms with Crippen molar-refractivity contribution in [2.75, 3.05) is 6.54 Å². The third-order valence-corrected chi connectivity index (χ3v) is 4.80. The molecule has 1 aliphatic heterocycles. The number of nitrogens with zero attached hydrogens (tertiary/aromatic N) is 3. The summed E-state index contributed by atoms with van der Waals surface area (Å²) in [6.07, 6.45) is 3.27. The molecule has 1 saturated heterocycles. The highest BCUT2D eigenvalue weighted by Crippen LogP contribution is 2.31. The van der Waals surface area contributed by atoms with Gasteiger partial charge in [-0.3, -0.25) is 14.3 Å². The van der Waals surface area contributed by atoms with Crippen molar-refractivity contribution in [2.45, 2.75) is 25.4 Å². The molecule has 0 saturated carbocycles. The predicted octanol–water partition coefficient (Wildman–Crippen LogP) is 2.76. The van der Waals surface area contributed by atoms with Crippen molar-refractivity contribution in [3.05, 3.63) is 76.6 Å². The highest BCUT2D eigenvalue weighted by molar-refractivity contribution is 5.82. The predicted molar refractivity (Wildman–Crippen MR) is 96.1 cm³/mol. The number of aromatic nitrogens is 2. The molecule has 25 heavy (non-hydrogen) atoms. The number of carbonyl (C=O) groups is 1. The van der Waals surface area contributed by atoms with Gasteiger partial charge in [-0.2, -0.15) is 5.10 Å². The van der Waals surface area contributed by atoms with E-state index in [0.717, 1.165) is 19.4 Å². The molecule has 1 unspecified atom stereocenters. The number of benzene rings is 2. The second kappa shape index (κ2) is 6.51. The zero-order valence-electron chi connectivity index (χ0n) is 13.8. The molecule has 5 heteroatoms. The van der Waals surface area contributed by atoms with E-state index >= 15 is 0 Å². The van der Waals surface area contributed by atoms with Gasteiger partial charge in [-0.15, -0.1) is 0 Å². The number of likely N-dealkylation sites (tertiary alicyclic amines) is 1. The molecule has 1 aliphatic rings. The Kier molecular flexibility index (Phi) is 4.06. The minimum absolute atomic E-state index is 0.0349. The van der Waals surface area contributed by atoms with Crippen molar-refractivity contribution < 1.29 is 4.79 Å². The van der Waals surface area contributed by atoms with Crippen molar-refractivity contribution in [1.29, 1.82) is 0 Å². The maximum Gasteiger partial charge on any atom is 0.244 e. The summed E-state index contributed by atoms with van der Waals surface area (Å²) >= 11 is 0. The molecule has 0 bridgehead atoms. The number of rotatable bonds is 3. The van der Waals surface area contributed by atoms with Crippen LogP contribution in [0.5, 0.6) is 0 Å². The fourth-order valence-corrected chi connectivity index (χ4v) is 3.59. The van der Waals surface area contributed by atoms with Gasteiger partial charge in [-0.25, -0.2) is 0 Å². The highest BCUT2D eigenvalue weighted by atomic mass is 16.2. The molecule has 2 aromatic carbocycles. The summed E-state index contributed by atoms with van der Waals surface area (Å²) in [5, 5.41) is 4.76. The Balaban J connectivity index is 1.62. The monoisotopic (exact) mass is 333 g/mol. The van der Waals surface area contributed by atoms with Crippen LogP contribution in [0.25, 0.3) is 10.9 Å². The fourth-order valence-electron chi connectivity index (χ4n) is 3.59. The molecule has 2 heterocycles. The minimum Gasteiger partial charge on any atom is -0.334 e. The number of carbonyl (C=O) groups excluding carboxylic acids is 1. The number of amides is 1. The Bertz CT molecular complexity index is 965. The van der Waals surface area contributed by atoms with Crippen LogP contribution in [0.1, 0.15) is 24.4 Å². The van der Waals surface area contributed by atoms with E-state index < -0.39 is 0 Å². The summed E-state index contributed by atoms with van der Waals surface area (Å²) in [7, 11) is 0. The standard InChI is InChI=1S/C20H19N3O2/c24-19-13-21-23(18-10-5-4-9-16(18)19)14-20(25)22-12-6-11-17(22)15-7-2-1-3-8-15/h1-5,7-10,13,17H,6,11-12,14H2. The number of fused-ring (bicyclic) bond motifs is 1. The van der Waals surface area contributed by atoms with Crippen LogP contribution in [0.2, 0.25) is 0 Å². The Hall–Kier alpha value is -2.95. The van der Waals surface area contributed by atoms with E-state index in [-0.39, 0.29) is 23.9 Å². The molecule has 5 nitrogen and oxygen atoms in total. The van der Waals surface area contributed by atoms with Crippen molar-refractivity contribution in [3.63, 3.8) is 0 Å². The molecule has 1 atom stereocenters. The van der Waals surface area contributed by atoms with Gasteiger partial charge in [0, 0.05) is 11.9 Å². The summed E-state index contributed by atoms with van der Waals surface area (Å²) in [4.78, 5) is 26.8. The third kappa shape index (κ3) is 2.93. The topological polar surface area (TPSA) is 55.2 Å². The molecular formula is C20H19N3O2. The van der Waals surface area contributed by atoms with Gasteiger partial charge in [0.15, 0.2) is 0 Å². The van der Waals surface area contributed by atoms with Gasteiger partial charge in [0.2, 0.25) is 11.3 Å². The average Bonchev–Trinajstić information content (AvgIpc) is 3.15. The van der Waals surface area contributed by atoms with Crippen LogP contribution in [-0.2, 0) is 11.3 Å². The first-order valence-corrected chi connectivity index (χ1v) is 8.53. The van der Waals surface area contributed by atoms with Gasteiger partial charge in [0.25, 0.3) is 0 Å². The van der Waals surface area contributed by atoms with Crippen molar-refractivity contribution >= 4 is 16.8 Å². The zero-order valence-corrected chi connectivity index (χ0v) is 13.8. The van der Waals surface area contributed by atoms with E-state index in [4.69, 9.17) is 0 Å². The summed E-state index contributed by atoms with van der Waals surface area (Å²) in [5.74, 6) is 0.0349. The third-order valence-electron chi connectivity index (χ3n) is 4.80. The summed E-state index contributed by atoms with van der Waals surface area (Å²) in [6.45, 7) is 0.903. The Labute approximate surface area is 145 Å². The zero-order chi connectivity index (χ0) is 17.2. The van der Waals surface area contributed by atoms with E-state index in [2.05, 4.69) is 17.2 Å². The Morgan fingerprint density at radius 3 is 2.68 bits per heavy atom. The summed E-state index contributed by atoms with van der Waals surface area (Å²) in [6, 6.07) is 17.5. The van der Waals surface area contributed by atoms with Gasteiger partial charge in [-0.05, 0) is 30.5 Å². The van der Waals surface area contributed by atoms with Crippen LogP contribution in [0.15, 0.2) is 65.6 Å². The van der Waals surface area contributed by atoms with Crippen LogP contribution in [-0.4, -0.2) is 27.1 Å². The lowest BCUT2D eigenvalue weighted by Gasteiger charge is -2.25. The summed E-state index contributed by atoms with van der Waals surface area (Å²) in [5.41, 5.74) is 1.74. The smallest absolute Gasteiger partial charge is 0.244 e. The number of hydrogen-bond acceptors (Lipinski definition) is 3. The van der Waals surface area contributed by atoms with Crippen LogP contribution >= 0.6 is 0 Å². The van der Waals surface area contributed by atoms with Crippen molar-refractivity contribution in [1.82, 2.24) is 14.7 Å². The quantitative estimate of drug-likeness (QED) is 0.740. The van der Waals surface area contributed by atoms with E-state index in [0.29, 0.717) is 10.9 Å². The lowest BCUT2D eigenvalue weighted by Crippen LogP contribution is -2.34. The van der Waals surface area contributed by atoms with Gasteiger partial charge < -0.3 is 4.90 Å².